The molecule has 0 saturated carbocycles. The lowest BCUT2D eigenvalue weighted by Gasteiger charge is -2.29. The minimum absolute atomic E-state index is 0.0522. The fraction of sp³-hybridized carbons (Fsp3) is 0.200. The summed E-state index contributed by atoms with van der Waals surface area (Å²) in [6.07, 6.45) is -1.05. The highest BCUT2D eigenvalue weighted by molar-refractivity contribution is 9.10. The van der Waals surface area contributed by atoms with Gasteiger partial charge in [0.2, 0.25) is 5.91 Å². The molecule has 2 heterocycles. The summed E-state index contributed by atoms with van der Waals surface area (Å²) < 4.78 is 6.00. The molecule has 35 heavy (non-hydrogen) atoms. The summed E-state index contributed by atoms with van der Waals surface area (Å²) in [5.41, 5.74) is 1.63. The van der Waals surface area contributed by atoms with E-state index in [-0.39, 0.29) is 16.5 Å². The van der Waals surface area contributed by atoms with Crippen molar-refractivity contribution in [1.29, 1.82) is 0 Å². The zero-order valence-electron chi connectivity index (χ0n) is 18.3. The number of rotatable bonds is 5. The Morgan fingerprint density at radius 3 is 2.43 bits per heavy atom. The van der Waals surface area contributed by atoms with E-state index in [2.05, 4.69) is 15.9 Å². The molecule has 2 aliphatic heterocycles. The molecule has 0 aliphatic carbocycles. The molecule has 3 atom stereocenters. The number of fused-ring (bicyclic) bond motifs is 1. The highest BCUT2D eigenvalue weighted by Crippen LogP contribution is 2.50. The molecule has 1 N–H and O–H groups in total. The van der Waals surface area contributed by atoms with Crippen LogP contribution < -0.4 is 14.7 Å². The maximum Gasteiger partial charge on any atom is 0.266 e. The van der Waals surface area contributed by atoms with Crippen molar-refractivity contribution in [2.24, 2.45) is 5.92 Å². The fourth-order valence-corrected chi connectivity index (χ4v) is 5.21. The molecule has 3 aromatic rings. The van der Waals surface area contributed by atoms with Crippen LogP contribution in [0.2, 0.25) is 10.0 Å². The largest absolute Gasteiger partial charge is 0.503 e. The van der Waals surface area contributed by atoms with E-state index in [0.717, 1.165) is 4.90 Å². The van der Waals surface area contributed by atoms with Crippen molar-refractivity contribution in [2.45, 2.75) is 19.1 Å². The summed E-state index contributed by atoms with van der Waals surface area (Å²) in [5, 5.41) is 12.6. The summed E-state index contributed by atoms with van der Waals surface area (Å²) in [5.74, 6) is -1.58. The van der Waals surface area contributed by atoms with Gasteiger partial charge in [0.25, 0.3) is 5.91 Å². The molecule has 0 bridgehead atoms. The molecule has 0 aromatic heterocycles. The van der Waals surface area contributed by atoms with Gasteiger partial charge >= 0.3 is 0 Å². The van der Waals surface area contributed by atoms with Crippen LogP contribution in [0, 0.1) is 5.92 Å². The van der Waals surface area contributed by atoms with Crippen LogP contribution in [0.15, 0.2) is 65.1 Å². The molecule has 2 fully saturated rings. The number of aromatic hydroxyl groups is 1. The minimum atomic E-state index is -1.05. The van der Waals surface area contributed by atoms with Crippen LogP contribution in [0.4, 0.5) is 11.4 Å². The van der Waals surface area contributed by atoms with Crippen molar-refractivity contribution < 1.29 is 24.3 Å². The maximum absolute atomic E-state index is 13.7. The van der Waals surface area contributed by atoms with Gasteiger partial charge in [-0.2, -0.15) is 0 Å². The van der Waals surface area contributed by atoms with Gasteiger partial charge in [0.05, 0.1) is 38.5 Å². The maximum atomic E-state index is 13.7. The van der Waals surface area contributed by atoms with Crippen LogP contribution in [0.1, 0.15) is 18.5 Å². The summed E-state index contributed by atoms with van der Waals surface area (Å²) in [7, 11) is 0. The van der Waals surface area contributed by atoms with E-state index in [1.807, 2.05) is 30.3 Å². The smallest absolute Gasteiger partial charge is 0.266 e. The van der Waals surface area contributed by atoms with Crippen molar-refractivity contribution >= 4 is 62.3 Å². The molecule has 0 spiro atoms. The topological polar surface area (TPSA) is 79.3 Å². The molecule has 10 heteroatoms. The van der Waals surface area contributed by atoms with Crippen molar-refractivity contribution in [2.75, 3.05) is 16.6 Å². The van der Waals surface area contributed by atoms with Crippen LogP contribution in [-0.2, 0) is 14.4 Å². The molecular weight excluding hydrogens is 559 g/mol. The van der Waals surface area contributed by atoms with E-state index >= 15 is 0 Å². The summed E-state index contributed by atoms with van der Waals surface area (Å²) >= 11 is 15.6. The Morgan fingerprint density at radius 1 is 1.00 bits per heavy atom. The number of anilines is 2. The first-order valence-corrected chi connectivity index (χ1v) is 12.4. The standard InChI is InChI=1S/C25H19BrCl2N2O5/c1-2-34-19-11-13(10-16(26)22(19)31)21-20-23(35-30(21)14-6-4-3-5-7-14)25(33)29(24(20)32)15-8-9-17(27)18(28)12-15/h3-12,20-21,23,31H,2H2,1H3/t20-,21-,23-/m1/s1. The number of halogens is 3. The molecule has 3 aromatic carbocycles. The van der Waals surface area contributed by atoms with Gasteiger partial charge in [0, 0.05) is 0 Å². The zero-order valence-corrected chi connectivity index (χ0v) is 21.4. The number of hydrogen-bond acceptors (Lipinski definition) is 6. The third-order valence-corrected chi connectivity index (χ3v) is 7.32. The predicted molar refractivity (Wildman–Crippen MR) is 136 cm³/mol. The second kappa shape index (κ2) is 9.35. The zero-order chi connectivity index (χ0) is 24.9. The lowest BCUT2D eigenvalue weighted by Crippen LogP contribution is -2.37. The number of phenols is 1. The van der Waals surface area contributed by atoms with Crippen LogP contribution in [0.3, 0.4) is 0 Å². The van der Waals surface area contributed by atoms with E-state index in [0.29, 0.717) is 33.0 Å². The van der Waals surface area contributed by atoms with Crippen molar-refractivity contribution in [3.63, 3.8) is 0 Å². The lowest BCUT2D eigenvalue weighted by molar-refractivity contribution is -0.126. The fourth-order valence-electron chi connectivity index (χ4n) is 4.46. The Bertz CT molecular complexity index is 1320. The Morgan fingerprint density at radius 2 is 1.74 bits per heavy atom. The molecule has 7 nitrogen and oxygen atoms in total. The van der Waals surface area contributed by atoms with Crippen molar-refractivity contribution in [3.8, 4) is 11.5 Å². The van der Waals surface area contributed by atoms with Crippen LogP contribution in [0.5, 0.6) is 11.5 Å². The van der Waals surface area contributed by atoms with Gasteiger partial charge in [-0.05, 0) is 70.9 Å². The highest BCUT2D eigenvalue weighted by atomic mass is 79.9. The molecule has 2 amide bonds. The van der Waals surface area contributed by atoms with Gasteiger partial charge < -0.3 is 9.84 Å². The van der Waals surface area contributed by atoms with Gasteiger partial charge in [0.1, 0.15) is 5.92 Å². The number of imide groups is 1. The van der Waals surface area contributed by atoms with E-state index in [1.54, 1.807) is 30.2 Å². The predicted octanol–water partition coefficient (Wildman–Crippen LogP) is 5.91. The van der Waals surface area contributed by atoms with Gasteiger partial charge in [-0.25, -0.2) is 9.96 Å². The van der Waals surface area contributed by atoms with Gasteiger partial charge in [0.15, 0.2) is 17.6 Å². The third kappa shape index (κ3) is 4.04. The Kier molecular flexibility index (Phi) is 6.40. The van der Waals surface area contributed by atoms with Crippen LogP contribution in [-0.4, -0.2) is 29.6 Å². The first kappa shape index (κ1) is 23.9. The number of carbonyl (C=O) groups is 2. The normalized spacial score (nSPS) is 21.5. The summed E-state index contributed by atoms with van der Waals surface area (Å²) in [6.45, 7) is 2.14. The summed E-state index contributed by atoms with van der Waals surface area (Å²) in [6, 6.07) is 16.5. The van der Waals surface area contributed by atoms with Gasteiger partial charge in [-0.3, -0.25) is 14.4 Å². The second-order valence-corrected chi connectivity index (χ2v) is 9.72. The molecule has 0 radical (unpaired) electrons. The van der Waals surface area contributed by atoms with E-state index in [9.17, 15) is 14.7 Å². The number of phenolic OH excluding ortho intramolecular Hbond substituents is 1. The van der Waals surface area contributed by atoms with Gasteiger partial charge in [-0.1, -0.05) is 41.4 Å². The van der Waals surface area contributed by atoms with Crippen molar-refractivity contribution in [1.82, 2.24) is 0 Å². The van der Waals surface area contributed by atoms with E-state index < -0.39 is 29.9 Å². The third-order valence-electron chi connectivity index (χ3n) is 5.98. The number of ether oxygens (including phenoxy) is 1. The Hall–Kier alpha value is -2.78. The lowest BCUT2D eigenvalue weighted by atomic mass is 9.90. The SMILES string of the molecule is CCOc1cc([C@@H]2[C@H]3C(=O)N(c4ccc(Cl)c(Cl)c4)C(=O)[C@@H]3ON2c2ccccc2)cc(Br)c1O. The molecule has 0 unspecified atom stereocenters. The van der Waals surface area contributed by atoms with E-state index in [4.69, 9.17) is 32.8 Å². The van der Waals surface area contributed by atoms with Crippen molar-refractivity contribution in [3.05, 3.63) is 80.7 Å². The monoisotopic (exact) mass is 576 g/mol. The molecule has 180 valence electrons. The number of amides is 2. The molecule has 2 saturated heterocycles. The van der Waals surface area contributed by atoms with Gasteiger partial charge in [-0.15, -0.1) is 0 Å². The highest BCUT2D eigenvalue weighted by Gasteiger charge is 2.60. The quantitative estimate of drug-likeness (QED) is 0.380. The number of hydrogen-bond donors (Lipinski definition) is 1. The average Bonchev–Trinajstić information content (AvgIpc) is 3.35. The second-order valence-electron chi connectivity index (χ2n) is 8.05. The average molecular weight is 578 g/mol. The number of carbonyl (C=O) groups excluding carboxylic acids is 2. The van der Waals surface area contributed by atoms with E-state index in [1.165, 1.54) is 12.1 Å². The number of para-hydroxylation sites is 1. The molecule has 5 rings (SSSR count). The van der Waals surface area contributed by atoms with Crippen LogP contribution >= 0.6 is 39.1 Å². The first-order chi connectivity index (χ1) is 16.8. The Balaban J connectivity index is 1.62. The minimum Gasteiger partial charge on any atom is -0.503 e. The van der Waals surface area contributed by atoms with Crippen LogP contribution in [0.25, 0.3) is 0 Å². The molecular formula is C25H19BrCl2N2O5. The number of hydroxylamine groups is 1. The summed E-state index contributed by atoms with van der Waals surface area (Å²) in [4.78, 5) is 34.4. The Labute approximate surface area is 219 Å². The number of benzene rings is 3. The molecule has 2 aliphatic rings. The number of nitrogens with zero attached hydrogens (tertiary/aromatic N) is 2. The first-order valence-electron chi connectivity index (χ1n) is 10.8.